The molecule has 1 amide bonds. The minimum atomic E-state index is -0.526. The minimum Gasteiger partial charge on any atom is -0.495 e. The van der Waals surface area contributed by atoms with Crippen molar-refractivity contribution >= 4 is 17.4 Å². The van der Waals surface area contributed by atoms with Crippen LogP contribution in [0.15, 0.2) is 36.5 Å². The quantitative estimate of drug-likeness (QED) is 0.880. The van der Waals surface area contributed by atoms with Crippen LogP contribution in [0.1, 0.15) is 15.9 Å². The predicted molar refractivity (Wildman–Crippen MR) is 73.8 cm³/mol. The van der Waals surface area contributed by atoms with Gasteiger partial charge >= 0.3 is 0 Å². The van der Waals surface area contributed by atoms with Gasteiger partial charge in [0.15, 0.2) is 0 Å². The third kappa shape index (κ3) is 2.82. The zero-order valence-electron chi connectivity index (χ0n) is 10.8. The summed E-state index contributed by atoms with van der Waals surface area (Å²) in [5, 5.41) is 3.08. The fourth-order valence-electron chi connectivity index (χ4n) is 1.75. The van der Waals surface area contributed by atoms with Crippen molar-refractivity contribution < 1.29 is 9.53 Å². The molecule has 0 saturated heterocycles. The van der Waals surface area contributed by atoms with Gasteiger partial charge in [-0.15, -0.1) is 0 Å². The molecule has 0 bridgehead atoms. The van der Waals surface area contributed by atoms with Crippen molar-refractivity contribution in [3.8, 4) is 5.75 Å². The number of amides is 1. The van der Waals surface area contributed by atoms with Crippen molar-refractivity contribution in [1.29, 1.82) is 0 Å². The summed E-state index contributed by atoms with van der Waals surface area (Å²) in [7, 11) is 1.59. The first kappa shape index (κ1) is 12.9. The Labute approximate surface area is 111 Å². The lowest BCUT2D eigenvalue weighted by molar-refractivity contribution is 0.100. The van der Waals surface area contributed by atoms with Crippen LogP contribution in [0.5, 0.6) is 5.75 Å². The van der Waals surface area contributed by atoms with Crippen molar-refractivity contribution in [3.05, 3.63) is 47.7 Å². The smallest absolute Gasteiger partial charge is 0.252 e. The summed E-state index contributed by atoms with van der Waals surface area (Å²) < 4.78 is 5.27. The van der Waals surface area contributed by atoms with E-state index in [1.165, 1.54) is 0 Å². The molecule has 2 aromatic rings. The molecule has 0 saturated carbocycles. The standard InChI is InChI=1S/C14H15N3O2/c1-9-5-6-12(19-2)11(8-9)17-14-10(13(15)18)4-3-7-16-14/h3-8H,1-2H3,(H2,15,18)(H,16,17). The molecule has 1 heterocycles. The second kappa shape index (κ2) is 5.39. The number of aromatic nitrogens is 1. The van der Waals surface area contributed by atoms with Crippen LogP contribution in [0.4, 0.5) is 11.5 Å². The summed E-state index contributed by atoms with van der Waals surface area (Å²) >= 11 is 0. The van der Waals surface area contributed by atoms with E-state index in [1.807, 2.05) is 25.1 Å². The number of ether oxygens (including phenoxy) is 1. The number of rotatable bonds is 4. The third-order valence-electron chi connectivity index (χ3n) is 2.68. The molecule has 0 unspecified atom stereocenters. The monoisotopic (exact) mass is 257 g/mol. The Morgan fingerprint density at radius 1 is 1.37 bits per heavy atom. The molecule has 1 aromatic heterocycles. The molecule has 0 aliphatic heterocycles. The van der Waals surface area contributed by atoms with Gasteiger partial charge in [-0.3, -0.25) is 4.79 Å². The van der Waals surface area contributed by atoms with Crippen LogP contribution in [-0.4, -0.2) is 18.0 Å². The van der Waals surface area contributed by atoms with Gasteiger partial charge in [0, 0.05) is 6.20 Å². The number of primary amides is 1. The Morgan fingerprint density at radius 2 is 2.16 bits per heavy atom. The highest BCUT2D eigenvalue weighted by atomic mass is 16.5. The summed E-state index contributed by atoms with van der Waals surface area (Å²) in [4.78, 5) is 15.5. The van der Waals surface area contributed by atoms with Gasteiger partial charge in [0.25, 0.3) is 5.91 Å². The lowest BCUT2D eigenvalue weighted by Gasteiger charge is -2.13. The van der Waals surface area contributed by atoms with Crippen LogP contribution >= 0.6 is 0 Å². The van der Waals surface area contributed by atoms with Crippen LogP contribution in [-0.2, 0) is 0 Å². The fourth-order valence-corrected chi connectivity index (χ4v) is 1.75. The highest BCUT2D eigenvalue weighted by Crippen LogP contribution is 2.28. The van der Waals surface area contributed by atoms with E-state index >= 15 is 0 Å². The summed E-state index contributed by atoms with van der Waals surface area (Å²) in [6.07, 6.45) is 1.59. The Bertz CT molecular complexity index is 611. The number of nitrogens with two attached hydrogens (primary N) is 1. The maximum atomic E-state index is 11.3. The van der Waals surface area contributed by atoms with E-state index in [1.54, 1.807) is 25.4 Å². The molecule has 5 heteroatoms. The number of hydrogen-bond donors (Lipinski definition) is 2. The second-order valence-corrected chi connectivity index (χ2v) is 4.09. The number of aryl methyl sites for hydroxylation is 1. The number of carbonyl (C=O) groups is 1. The highest BCUT2D eigenvalue weighted by molar-refractivity contribution is 5.98. The van der Waals surface area contributed by atoms with Crippen LogP contribution in [0.3, 0.4) is 0 Å². The predicted octanol–water partition coefficient (Wildman–Crippen LogP) is 2.24. The van der Waals surface area contributed by atoms with Gasteiger partial charge in [0.05, 0.1) is 18.4 Å². The molecule has 0 aliphatic rings. The molecule has 1 aromatic carbocycles. The first-order valence-electron chi connectivity index (χ1n) is 5.78. The number of benzene rings is 1. The van der Waals surface area contributed by atoms with Gasteiger partial charge in [-0.05, 0) is 36.8 Å². The van der Waals surface area contributed by atoms with Crippen LogP contribution in [0.2, 0.25) is 0 Å². The Kier molecular flexibility index (Phi) is 3.66. The number of anilines is 2. The number of nitrogens with one attached hydrogen (secondary N) is 1. The van der Waals surface area contributed by atoms with Crippen molar-refractivity contribution in [2.75, 3.05) is 12.4 Å². The average Bonchev–Trinajstić information content (AvgIpc) is 2.39. The average molecular weight is 257 g/mol. The van der Waals surface area contributed by atoms with E-state index in [0.717, 1.165) is 11.3 Å². The molecule has 0 aliphatic carbocycles. The number of nitrogens with zero attached hydrogens (tertiary/aromatic N) is 1. The largest absolute Gasteiger partial charge is 0.495 e. The van der Waals surface area contributed by atoms with E-state index in [4.69, 9.17) is 10.5 Å². The molecule has 0 atom stereocenters. The van der Waals surface area contributed by atoms with Crippen molar-refractivity contribution in [3.63, 3.8) is 0 Å². The van der Waals surface area contributed by atoms with Gasteiger partial charge in [-0.2, -0.15) is 0 Å². The Morgan fingerprint density at radius 3 is 2.84 bits per heavy atom. The zero-order chi connectivity index (χ0) is 13.8. The first-order valence-corrected chi connectivity index (χ1v) is 5.78. The molecular formula is C14H15N3O2. The normalized spacial score (nSPS) is 10.0. The van der Waals surface area contributed by atoms with E-state index in [9.17, 15) is 4.79 Å². The topological polar surface area (TPSA) is 77.2 Å². The maximum absolute atomic E-state index is 11.3. The Hall–Kier alpha value is -2.56. The molecular weight excluding hydrogens is 242 g/mol. The van der Waals surface area contributed by atoms with Crippen molar-refractivity contribution in [1.82, 2.24) is 4.98 Å². The van der Waals surface area contributed by atoms with Crippen molar-refractivity contribution in [2.45, 2.75) is 6.92 Å². The van der Waals surface area contributed by atoms with Gasteiger partial charge in [0.2, 0.25) is 0 Å². The molecule has 3 N–H and O–H groups in total. The second-order valence-electron chi connectivity index (χ2n) is 4.09. The molecule has 0 spiro atoms. The van der Waals surface area contributed by atoms with Crippen LogP contribution in [0.25, 0.3) is 0 Å². The lowest BCUT2D eigenvalue weighted by Crippen LogP contribution is -2.14. The van der Waals surface area contributed by atoms with Crippen LogP contribution in [0, 0.1) is 6.92 Å². The van der Waals surface area contributed by atoms with Crippen molar-refractivity contribution in [2.24, 2.45) is 5.73 Å². The van der Waals surface area contributed by atoms with Gasteiger partial charge < -0.3 is 15.8 Å². The fraction of sp³-hybridized carbons (Fsp3) is 0.143. The summed E-state index contributed by atoms with van der Waals surface area (Å²) in [5.74, 6) is 0.563. The molecule has 19 heavy (non-hydrogen) atoms. The molecule has 0 fully saturated rings. The molecule has 98 valence electrons. The van der Waals surface area contributed by atoms with Gasteiger partial charge in [0.1, 0.15) is 11.6 Å². The molecule has 2 rings (SSSR count). The number of methoxy groups -OCH3 is 1. The maximum Gasteiger partial charge on any atom is 0.252 e. The number of carbonyl (C=O) groups excluding carboxylic acids is 1. The lowest BCUT2D eigenvalue weighted by atomic mass is 10.2. The number of pyridine rings is 1. The molecule has 0 radical (unpaired) electrons. The molecule has 5 nitrogen and oxygen atoms in total. The minimum absolute atomic E-state index is 0.339. The highest BCUT2D eigenvalue weighted by Gasteiger charge is 2.11. The SMILES string of the molecule is COc1ccc(C)cc1Nc1ncccc1C(N)=O. The summed E-state index contributed by atoms with van der Waals surface area (Å²) in [5.41, 5.74) is 7.47. The number of hydrogen-bond acceptors (Lipinski definition) is 4. The zero-order valence-corrected chi connectivity index (χ0v) is 10.8. The van der Waals surface area contributed by atoms with E-state index in [-0.39, 0.29) is 0 Å². The summed E-state index contributed by atoms with van der Waals surface area (Å²) in [6, 6.07) is 9.00. The van der Waals surface area contributed by atoms with Crippen LogP contribution < -0.4 is 15.8 Å². The van der Waals surface area contributed by atoms with Gasteiger partial charge in [-0.1, -0.05) is 6.07 Å². The first-order chi connectivity index (χ1) is 9.11. The van der Waals surface area contributed by atoms with E-state index in [2.05, 4.69) is 10.3 Å². The summed E-state index contributed by atoms with van der Waals surface area (Å²) in [6.45, 7) is 1.97. The van der Waals surface area contributed by atoms with E-state index < -0.39 is 5.91 Å². The Balaban J connectivity index is 2.41. The van der Waals surface area contributed by atoms with Gasteiger partial charge in [-0.25, -0.2) is 4.98 Å². The third-order valence-corrected chi connectivity index (χ3v) is 2.68. The van der Waals surface area contributed by atoms with E-state index in [0.29, 0.717) is 17.1 Å².